The third kappa shape index (κ3) is 3.64. The summed E-state index contributed by atoms with van der Waals surface area (Å²) in [6.07, 6.45) is 4.41. The van der Waals surface area contributed by atoms with Crippen LogP contribution in [0.3, 0.4) is 0 Å². The van der Waals surface area contributed by atoms with Gasteiger partial charge in [-0.25, -0.2) is 0 Å². The summed E-state index contributed by atoms with van der Waals surface area (Å²) in [6, 6.07) is 17.5. The molecule has 3 rings (SSSR count). The van der Waals surface area contributed by atoms with E-state index in [1.54, 1.807) is 18.5 Å². The Morgan fingerprint density at radius 1 is 1.04 bits per heavy atom. The average Bonchev–Trinajstić information content (AvgIpc) is 2.60. The van der Waals surface area contributed by atoms with E-state index in [2.05, 4.69) is 4.98 Å². The Labute approximate surface area is 135 Å². The van der Waals surface area contributed by atoms with E-state index in [4.69, 9.17) is 4.74 Å². The molecule has 0 spiro atoms. The summed E-state index contributed by atoms with van der Waals surface area (Å²) in [7, 11) is 0. The number of benzene rings is 2. The summed E-state index contributed by atoms with van der Waals surface area (Å²) in [5.41, 5.74) is 4.53. The number of carbonyl (C=O) groups is 1. The van der Waals surface area contributed by atoms with Crippen molar-refractivity contribution in [2.24, 2.45) is 0 Å². The zero-order valence-corrected chi connectivity index (χ0v) is 12.9. The van der Waals surface area contributed by atoms with Crippen LogP contribution in [0.5, 0.6) is 5.75 Å². The van der Waals surface area contributed by atoms with Crippen molar-refractivity contribution in [1.82, 2.24) is 4.98 Å². The number of aryl methyl sites for hydroxylation is 1. The van der Waals surface area contributed by atoms with Crippen LogP contribution in [0.2, 0.25) is 0 Å². The van der Waals surface area contributed by atoms with Gasteiger partial charge >= 0.3 is 0 Å². The van der Waals surface area contributed by atoms with Gasteiger partial charge in [0.15, 0.2) is 6.29 Å². The first-order chi connectivity index (χ1) is 11.3. The fraction of sp³-hybridized carbons (Fsp3) is 0.100. The minimum atomic E-state index is 0.493. The first kappa shape index (κ1) is 15.0. The molecule has 0 bridgehead atoms. The Morgan fingerprint density at radius 3 is 2.61 bits per heavy atom. The second-order valence-corrected chi connectivity index (χ2v) is 5.39. The highest BCUT2D eigenvalue weighted by Crippen LogP contribution is 2.27. The number of aromatic nitrogens is 1. The molecule has 23 heavy (non-hydrogen) atoms. The summed E-state index contributed by atoms with van der Waals surface area (Å²) in [6.45, 7) is 2.47. The zero-order chi connectivity index (χ0) is 16.1. The van der Waals surface area contributed by atoms with Crippen molar-refractivity contribution < 1.29 is 9.53 Å². The van der Waals surface area contributed by atoms with Crippen molar-refractivity contribution in [2.75, 3.05) is 0 Å². The number of aldehydes is 1. The van der Waals surface area contributed by atoms with Crippen molar-refractivity contribution in [2.45, 2.75) is 13.5 Å². The average molecular weight is 303 g/mol. The largest absolute Gasteiger partial charge is 0.489 e. The maximum atomic E-state index is 11.3. The lowest BCUT2D eigenvalue weighted by atomic mass is 10.0. The molecular formula is C20H17NO2. The van der Waals surface area contributed by atoms with Gasteiger partial charge in [0.25, 0.3) is 0 Å². The number of ether oxygens (including phenoxy) is 1. The number of hydrogen-bond acceptors (Lipinski definition) is 3. The van der Waals surface area contributed by atoms with Gasteiger partial charge in [0.05, 0.1) is 0 Å². The first-order valence-electron chi connectivity index (χ1n) is 7.44. The van der Waals surface area contributed by atoms with Gasteiger partial charge in [-0.3, -0.25) is 9.78 Å². The molecule has 2 aromatic carbocycles. The second-order valence-electron chi connectivity index (χ2n) is 5.39. The minimum absolute atomic E-state index is 0.493. The highest BCUT2D eigenvalue weighted by atomic mass is 16.5. The van der Waals surface area contributed by atoms with Crippen LogP contribution in [0, 0.1) is 6.92 Å². The standard InChI is InChI=1S/C20H17NO2/c1-15-9-18(12-21-11-15)20-10-19(8-7-17(20)13-22)23-14-16-5-3-2-4-6-16/h2-13H,14H2,1H3. The lowest BCUT2D eigenvalue weighted by molar-refractivity contribution is 0.112. The van der Waals surface area contributed by atoms with Crippen LogP contribution >= 0.6 is 0 Å². The monoisotopic (exact) mass is 303 g/mol. The van der Waals surface area contributed by atoms with E-state index < -0.39 is 0 Å². The van der Waals surface area contributed by atoms with Crippen LogP contribution in [-0.2, 0) is 6.61 Å². The summed E-state index contributed by atoms with van der Waals surface area (Å²) in [4.78, 5) is 15.5. The van der Waals surface area contributed by atoms with Crippen LogP contribution < -0.4 is 4.74 Å². The Bertz CT molecular complexity index is 813. The molecule has 0 saturated carbocycles. The van der Waals surface area contributed by atoms with E-state index >= 15 is 0 Å². The SMILES string of the molecule is Cc1cncc(-c2cc(OCc3ccccc3)ccc2C=O)c1. The lowest BCUT2D eigenvalue weighted by Crippen LogP contribution is -1.97. The van der Waals surface area contributed by atoms with E-state index in [9.17, 15) is 4.79 Å². The molecule has 0 aliphatic rings. The van der Waals surface area contributed by atoms with Gasteiger partial charge in [-0.15, -0.1) is 0 Å². The molecular weight excluding hydrogens is 286 g/mol. The summed E-state index contributed by atoms with van der Waals surface area (Å²) in [5, 5.41) is 0. The lowest BCUT2D eigenvalue weighted by Gasteiger charge is -2.10. The quantitative estimate of drug-likeness (QED) is 0.654. The molecule has 0 fully saturated rings. The summed E-state index contributed by atoms with van der Waals surface area (Å²) in [5.74, 6) is 0.732. The van der Waals surface area contributed by atoms with Gasteiger partial charge in [0.1, 0.15) is 12.4 Å². The normalized spacial score (nSPS) is 10.3. The Balaban J connectivity index is 1.88. The molecule has 1 aromatic heterocycles. The van der Waals surface area contributed by atoms with Gasteiger partial charge in [0.2, 0.25) is 0 Å². The molecule has 0 saturated heterocycles. The molecule has 0 atom stereocenters. The van der Waals surface area contributed by atoms with Crippen LogP contribution in [0.15, 0.2) is 67.0 Å². The molecule has 0 N–H and O–H groups in total. The number of rotatable bonds is 5. The maximum Gasteiger partial charge on any atom is 0.150 e. The van der Waals surface area contributed by atoms with Crippen molar-refractivity contribution in [1.29, 1.82) is 0 Å². The molecule has 114 valence electrons. The predicted molar refractivity (Wildman–Crippen MR) is 90.6 cm³/mol. The van der Waals surface area contributed by atoms with Crippen LogP contribution in [0.1, 0.15) is 21.5 Å². The van der Waals surface area contributed by atoms with Crippen LogP contribution in [-0.4, -0.2) is 11.3 Å². The molecule has 0 amide bonds. The third-order valence-corrected chi connectivity index (χ3v) is 3.59. The zero-order valence-electron chi connectivity index (χ0n) is 12.9. The van der Waals surface area contributed by atoms with E-state index in [1.165, 1.54) is 0 Å². The van der Waals surface area contributed by atoms with E-state index in [-0.39, 0.29) is 0 Å². The van der Waals surface area contributed by atoms with Gasteiger partial charge in [-0.05, 0) is 47.9 Å². The molecule has 3 aromatic rings. The fourth-order valence-corrected chi connectivity index (χ4v) is 2.42. The first-order valence-corrected chi connectivity index (χ1v) is 7.44. The minimum Gasteiger partial charge on any atom is -0.489 e. The van der Waals surface area contributed by atoms with Crippen LogP contribution in [0.4, 0.5) is 0 Å². The highest BCUT2D eigenvalue weighted by molar-refractivity contribution is 5.88. The molecule has 0 radical (unpaired) electrons. The van der Waals surface area contributed by atoms with Gasteiger partial charge in [-0.2, -0.15) is 0 Å². The Morgan fingerprint density at radius 2 is 1.87 bits per heavy atom. The van der Waals surface area contributed by atoms with Crippen molar-refractivity contribution >= 4 is 6.29 Å². The third-order valence-electron chi connectivity index (χ3n) is 3.59. The summed E-state index contributed by atoms with van der Waals surface area (Å²) < 4.78 is 5.85. The molecule has 1 heterocycles. The van der Waals surface area contributed by atoms with Gasteiger partial charge in [-0.1, -0.05) is 30.3 Å². The number of nitrogens with zero attached hydrogens (tertiary/aromatic N) is 1. The van der Waals surface area contributed by atoms with E-state index in [1.807, 2.05) is 55.5 Å². The molecule has 3 nitrogen and oxygen atoms in total. The number of carbonyl (C=O) groups excluding carboxylic acids is 1. The Kier molecular flexibility index (Phi) is 4.48. The van der Waals surface area contributed by atoms with Crippen molar-refractivity contribution in [3.8, 4) is 16.9 Å². The number of hydrogen-bond donors (Lipinski definition) is 0. The van der Waals surface area contributed by atoms with E-state index in [0.717, 1.165) is 34.3 Å². The van der Waals surface area contributed by atoms with Gasteiger partial charge < -0.3 is 4.74 Å². The Hall–Kier alpha value is -2.94. The van der Waals surface area contributed by atoms with E-state index in [0.29, 0.717) is 12.2 Å². The molecule has 0 unspecified atom stereocenters. The highest BCUT2D eigenvalue weighted by Gasteiger charge is 2.08. The molecule has 0 aliphatic carbocycles. The topological polar surface area (TPSA) is 39.2 Å². The summed E-state index contributed by atoms with van der Waals surface area (Å²) >= 11 is 0. The smallest absolute Gasteiger partial charge is 0.150 e. The number of pyridine rings is 1. The van der Waals surface area contributed by atoms with Gasteiger partial charge in [0, 0.05) is 23.5 Å². The molecule has 0 aliphatic heterocycles. The fourth-order valence-electron chi connectivity index (χ4n) is 2.42. The molecule has 3 heteroatoms. The van der Waals surface area contributed by atoms with Crippen molar-refractivity contribution in [3.63, 3.8) is 0 Å². The predicted octanol–water partition coefficient (Wildman–Crippen LogP) is 4.45. The van der Waals surface area contributed by atoms with Crippen molar-refractivity contribution in [3.05, 3.63) is 83.7 Å². The maximum absolute atomic E-state index is 11.3. The second kappa shape index (κ2) is 6.88. The van der Waals surface area contributed by atoms with Crippen LogP contribution in [0.25, 0.3) is 11.1 Å².